The lowest BCUT2D eigenvalue weighted by atomic mass is 10.1. The fourth-order valence-electron chi connectivity index (χ4n) is 2.96. The number of halogens is 1. The Hall–Kier alpha value is -2.24. The smallest absolute Gasteiger partial charge is 0.256 e. The van der Waals surface area contributed by atoms with E-state index in [9.17, 15) is 14.0 Å². The van der Waals surface area contributed by atoms with E-state index in [0.29, 0.717) is 25.1 Å². The van der Waals surface area contributed by atoms with E-state index in [1.54, 1.807) is 11.1 Å². The zero-order valence-corrected chi connectivity index (χ0v) is 13.0. The number of carbonyl (C=O) groups excluding carboxylic acids is 2. The molecular weight excluding hydrogens is 299 g/mol. The highest BCUT2D eigenvalue weighted by molar-refractivity contribution is 6.03. The molecule has 5 nitrogen and oxygen atoms in total. The van der Waals surface area contributed by atoms with E-state index in [1.165, 1.54) is 19.1 Å². The maximum Gasteiger partial charge on any atom is 0.256 e. The SMILES string of the molecule is CC(=O)CCCOc1cc2c(cc1F)C(=O)N1CCCC1C=N2. The lowest BCUT2D eigenvalue weighted by Crippen LogP contribution is -2.35. The van der Waals surface area contributed by atoms with Crippen molar-refractivity contribution in [3.63, 3.8) is 0 Å². The summed E-state index contributed by atoms with van der Waals surface area (Å²) in [5, 5.41) is 0. The van der Waals surface area contributed by atoms with E-state index < -0.39 is 5.82 Å². The third-order valence-corrected chi connectivity index (χ3v) is 4.16. The molecule has 0 spiro atoms. The van der Waals surface area contributed by atoms with Crippen LogP contribution in [0.3, 0.4) is 0 Å². The minimum Gasteiger partial charge on any atom is -0.490 e. The second-order valence-corrected chi connectivity index (χ2v) is 5.94. The Balaban J connectivity index is 1.80. The van der Waals surface area contributed by atoms with E-state index >= 15 is 0 Å². The molecule has 1 aromatic carbocycles. The van der Waals surface area contributed by atoms with Gasteiger partial charge in [-0.15, -0.1) is 0 Å². The standard InChI is InChI=1S/C17H19FN2O3/c1-11(21)4-3-7-23-16-9-15-13(8-14(16)18)17(22)20-6-2-5-12(20)10-19-15/h8-10,12H,2-7H2,1H3. The summed E-state index contributed by atoms with van der Waals surface area (Å²) in [6, 6.07) is 2.67. The zero-order chi connectivity index (χ0) is 16.4. The molecule has 0 radical (unpaired) electrons. The maximum atomic E-state index is 14.2. The van der Waals surface area contributed by atoms with Gasteiger partial charge in [0.1, 0.15) is 5.78 Å². The number of Topliss-reactive ketones (excluding diaryl/α,β-unsaturated/α-hetero) is 1. The summed E-state index contributed by atoms with van der Waals surface area (Å²) in [6.45, 7) is 2.44. The molecule has 1 fully saturated rings. The van der Waals surface area contributed by atoms with Crippen LogP contribution in [0.15, 0.2) is 17.1 Å². The summed E-state index contributed by atoms with van der Waals surface area (Å²) in [5.41, 5.74) is 0.714. The van der Waals surface area contributed by atoms with Crippen molar-refractivity contribution in [3.05, 3.63) is 23.5 Å². The number of carbonyl (C=O) groups is 2. The fraction of sp³-hybridized carbons (Fsp3) is 0.471. The van der Waals surface area contributed by atoms with Gasteiger partial charge in [-0.3, -0.25) is 9.79 Å². The molecule has 0 N–H and O–H groups in total. The third kappa shape index (κ3) is 3.25. The van der Waals surface area contributed by atoms with Crippen LogP contribution >= 0.6 is 0 Å². The zero-order valence-electron chi connectivity index (χ0n) is 13.0. The van der Waals surface area contributed by atoms with Crippen molar-refractivity contribution in [1.29, 1.82) is 0 Å². The van der Waals surface area contributed by atoms with Crippen LogP contribution in [-0.4, -0.2) is 42.0 Å². The number of hydrogen-bond acceptors (Lipinski definition) is 4. The van der Waals surface area contributed by atoms with Crippen LogP contribution in [0.5, 0.6) is 5.75 Å². The summed E-state index contributed by atoms with van der Waals surface area (Å²) in [4.78, 5) is 29.5. The lowest BCUT2D eigenvalue weighted by Gasteiger charge is -2.20. The first-order valence-corrected chi connectivity index (χ1v) is 7.87. The minimum absolute atomic E-state index is 0.00195. The molecule has 122 valence electrons. The van der Waals surface area contributed by atoms with E-state index in [0.717, 1.165) is 12.8 Å². The first-order valence-electron chi connectivity index (χ1n) is 7.87. The number of fused-ring (bicyclic) bond motifs is 2. The van der Waals surface area contributed by atoms with Gasteiger partial charge in [-0.1, -0.05) is 0 Å². The van der Waals surface area contributed by atoms with Gasteiger partial charge < -0.3 is 14.4 Å². The quantitative estimate of drug-likeness (QED) is 0.784. The Labute approximate surface area is 134 Å². The first-order chi connectivity index (χ1) is 11.1. The Kier molecular flexibility index (Phi) is 4.41. The molecule has 1 aromatic rings. The van der Waals surface area contributed by atoms with E-state index in [4.69, 9.17) is 4.74 Å². The Morgan fingerprint density at radius 1 is 1.48 bits per heavy atom. The fourth-order valence-corrected chi connectivity index (χ4v) is 2.96. The number of amides is 1. The van der Waals surface area contributed by atoms with Gasteiger partial charge in [0.25, 0.3) is 5.91 Å². The molecule has 3 rings (SSSR count). The Bertz CT molecular complexity index is 672. The van der Waals surface area contributed by atoms with Crippen LogP contribution in [0.4, 0.5) is 10.1 Å². The van der Waals surface area contributed by atoms with Gasteiger partial charge in [-0.2, -0.15) is 0 Å². The van der Waals surface area contributed by atoms with Crippen molar-refractivity contribution >= 4 is 23.6 Å². The van der Waals surface area contributed by atoms with Gasteiger partial charge in [0.2, 0.25) is 0 Å². The van der Waals surface area contributed by atoms with Gasteiger partial charge in [0.15, 0.2) is 11.6 Å². The van der Waals surface area contributed by atoms with Crippen molar-refractivity contribution in [1.82, 2.24) is 4.90 Å². The second kappa shape index (κ2) is 6.48. The van der Waals surface area contributed by atoms with Crippen molar-refractivity contribution in [2.45, 2.75) is 38.6 Å². The highest BCUT2D eigenvalue weighted by Gasteiger charge is 2.32. The molecule has 0 bridgehead atoms. The van der Waals surface area contributed by atoms with Crippen LogP contribution in [0.1, 0.15) is 43.0 Å². The van der Waals surface area contributed by atoms with E-state index in [2.05, 4.69) is 4.99 Å². The molecule has 0 aromatic heterocycles. The molecule has 2 aliphatic heterocycles. The van der Waals surface area contributed by atoms with Gasteiger partial charge >= 0.3 is 0 Å². The number of benzene rings is 1. The highest BCUT2D eigenvalue weighted by Crippen LogP contribution is 2.33. The Morgan fingerprint density at radius 3 is 3.09 bits per heavy atom. The molecule has 1 saturated heterocycles. The third-order valence-electron chi connectivity index (χ3n) is 4.16. The average Bonchev–Trinajstić information content (AvgIpc) is 2.94. The topological polar surface area (TPSA) is 59.0 Å². The molecule has 0 aliphatic carbocycles. The monoisotopic (exact) mass is 318 g/mol. The number of aliphatic imine (C=N–C) groups is 1. The van der Waals surface area contributed by atoms with Gasteiger partial charge in [-0.25, -0.2) is 4.39 Å². The second-order valence-electron chi connectivity index (χ2n) is 5.94. The van der Waals surface area contributed by atoms with Crippen LogP contribution < -0.4 is 4.74 Å². The number of nitrogens with zero attached hydrogens (tertiary/aromatic N) is 2. The van der Waals surface area contributed by atoms with Crippen molar-refractivity contribution in [3.8, 4) is 5.75 Å². The van der Waals surface area contributed by atoms with Gasteiger partial charge in [0, 0.05) is 25.2 Å². The van der Waals surface area contributed by atoms with Crippen molar-refractivity contribution in [2.75, 3.05) is 13.2 Å². The van der Waals surface area contributed by atoms with Crippen molar-refractivity contribution < 1.29 is 18.7 Å². The van der Waals surface area contributed by atoms with Gasteiger partial charge in [-0.05, 0) is 32.3 Å². The lowest BCUT2D eigenvalue weighted by molar-refractivity contribution is -0.117. The predicted octanol–water partition coefficient (Wildman–Crippen LogP) is 2.89. The summed E-state index contributed by atoms with van der Waals surface area (Å²) in [6.07, 6.45) is 4.52. The predicted molar refractivity (Wildman–Crippen MR) is 84.0 cm³/mol. The van der Waals surface area contributed by atoms with Crippen LogP contribution in [0.25, 0.3) is 0 Å². The van der Waals surface area contributed by atoms with Crippen LogP contribution in [-0.2, 0) is 4.79 Å². The normalized spacial score (nSPS) is 19.3. The molecule has 0 saturated carbocycles. The molecule has 6 heteroatoms. The largest absolute Gasteiger partial charge is 0.490 e. The molecule has 1 unspecified atom stereocenters. The first kappa shape index (κ1) is 15.6. The number of rotatable bonds is 5. The molecular formula is C17H19FN2O3. The average molecular weight is 318 g/mol. The molecule has 1 atom stereocenters. The van der Waals surface area contributed by atoms with E-state index in [-0.39, 0.29) is 35.7 Å². The number of hydrogen-bond donors (Lipinski definition) is 0. The Morgan fingerprint density at radius 2 is 2.30 bits per heavy atom. The number of ether oxygens (including phenoxy) is 1. The summed E-state index contributed by atoms with van der Waals surface area (Å²) >= 11 is 0. The molecule has 2 heterocycles. The van der Waals surface area contributed by atoms with E-state index in [1.807, 2.05) is 0 Å². The number of ketones is 1. The molecule has 1 amide bonds. The molecule has 2 aliphatic rings. The van der Waals surface area contributed by atoms with Crippen LogP contribution in [0, 0.1) is 5.82 Å². The van der Waals surface area contributed by atoms with Crippen LogP contribution in [0.2, 0.25) is 0 Å². The summed E-state index contributed by atoms with van der Waals surface area (Å²) in [7, 11) is 0. The summed E-state index contributed by atoms with van der Waals surface area (Å²) < 4.78 is 19.6. The van der Waals surface area contributed by atoms with Crippen molar-refractivity contribution in [2.24, 2.45) is 4.99 Å². The highest BCUT2D eigenvalue weighted by atomic mass is 19.1. The molecule has 23 heavy (non-hydrogen) atoms. The summed E-state index contributed by atoms with van der Waals surface area (Å²) in [5.74, 6) is -0.610. The minimum atomic E-state index is -0.576. The maximum absolute atomic E-state index is 14.2. The van der Waals surface area contributed by atoms with Gasteiger partial charge in [0.05, 0.1) is 23.9 Å².